The first-order valence-corrected chi connectivity index (χ1v) is 6.66. The van der Waals surface area contributed by atoms with Gasteiger partial charge in [0.2, 0.25) is 0 Å². The van der Waals surface area contributed by atoms with Gasteiger partial charge in [0.15, 0.2) is 0 Å². The smallest absolute Gasteiger partial charge is 0.142 e. The lowest BCUT2D eigenvalue weighted by atomic mass is 10.2. The van der Waals surface area contributed by atoms with Crippen molar-refractivity contribution in [1.82, 2.24) is 14.9 Å². The van der Waals surface area contributed by atoms with E-state index in [-0.39, 0.29) is 10.8 Å². The Bertz CT molecular complexity index is 566. The highest BCUT2D eigenvalue weighted by atomic mass is 35.5. The Labute approximate surface area is 117 Å². The largest absolute Gasteiger partial charge is 0.327 e. The number of benzene rings is 1. The van der Waals surface area contributed by atoms with Crippen molar-refractivity contribution in [3.63, 3.8) is 0 Å². The summed E-state index contributed by atoms with van der Waals surface area (Å²) >= 11 is 5.99. The van der Waals surface area contributed by atoms with E-state index in [4.69, 9.17) is 11.6 Å². The summed E-state index contributed by atoms with van der Waals surface area (Å²) in [5, 5.41) is 3.45. The molecule has 0 amide bonds. The summed E-state index contributed by atoms with van der Waals surface area (Å²) in [5.41, 5.74) is 1.83. The molecule has 0 spiro atoms. The summed E-state index contributed by atoms with van der Waals surface area (Å²) < 4.78 is 15.5. The van der Waals surface area contributed by atoms with Gasteiger partial charge in [0.05, 0.1) is 17.3 Å². The van der Waals surface area contributed by atoms with Gasteiger partial charge in [-0.1, -0.05) is 30.7 Å². The highest BCUT2D eigenvalue weighted by Crippen LogP contribution is 2.21. The second kappa shape index (κ2) is 6.17. The van der Waals surface area contributed by atoms with E-state index >= 15 is 0 Å². The van der Waals surface area contributed by atoms with Gasteiger partial charge in [-0.05, 0) is 25.1 Å². The van der Waals surface area contributed by atoms with Crippen molar-refractivity contribution >= 4 is 11.6 Å². The van der Waals surface area contributed by atoms with Crippen LogP contribution in [-0.4, -0.2) is 16.1 Å². The van der Waals surface area contributed by atoms with Crippen molar-refractivity contribution < 1.29 is 4.39 Å². The molecular formula is C14H17ClFN3. The van der Waals surface area contributed by atoms with Crippen molar-refractivity contribution in [3.8, 4) is 0 Å². The standard InChI is InChI=1S/C14H17ClFN3/c1-3-17-7-12-8-18-10(2)19(12)9-11-5-4-6-13(16)14(11)15/h4-6,8,17H,3,7,9H2,1-2H3. The molecule has 0 radical (unpaired) electrons. The summed E-state index contributed by atoms with van der Waals surface area (Å²) in [5.74, 6) is 0.512. The minimum atomic E-state index is -0.384. The first kappa shape index (κ1) is 14.0. The Morgan fingerprint density at radius 3 is 2.95 bits per heavy atom. The van der Waals surface area contributed by atoms with Gasteiger partial charge in [0.25, 0.3) is 0 Å². The molecule has 0 bridgehead atoms. The molecule has 5 heteroatoms. The van der Waals surface area contributed by atoms with E-state index in [9.17, 15) is 4.39 Å². The van der Waals surface area contributed by atoms with E-state index in [0.29, 0.717) is 6.54 Å². The minimum absolute atomic E-state index is 0.185. The van der Waals surface area contributed by atoms with Crippen LogP contribution in [0.1, 0.15) is 24.0 Å². The van der Waals surface area contributed by atoms with Crippen LogP contribution in [0.4, 0.5) is 4.39 Å². The molecule has 2 rings (SSSR count). The maximum absolute atomic E-state index is 13.4. The van der Waals surface area contributed by atoms with Gasteiger partial charge in [-0.15, -0.1) is 0 Å². The van der Waals surface area contributed by atoms with Crippen molar-refractivity contribution in [3.05, 3.63) is 52.3 Å². The molecule has 1 aromatic heterocycles. The van der Waals surface area contributed by atoms with Crippen molar-refractivity contribution in [2.75, 3.05) is 6.54 Å². The van der Waals surface area contributed by atoms with Crippen molar-refractivity contribution in [1.29, 1.82) is 0 Å². The van der Waals surface area contributed by atoms with Crippen LogP contribution in [0.5, 0.6) is 0 Å². The predicted octanol–water partition coefficient (Wildman–Crippen LogP) is 3.14. The summed E-state index contributed by atoms with van der Waals surface area (Å²) in [7, 11) is 0. The molecule has 1 aromatic carbocycles. The van der Waals surface area contributed by atoms with E-state index in [1.54, 1.807) is 6.07 Å². The molecule has 102 valence electrons. The molecule has 0 atom stereocenters. The van der Waals surface area contributed by atoms with Gasteiger partial charge in [-0.25, -0.2) is 9.37 Å². The van der Waals surface area contributed by atoms with Crippen LogP contribution in [0.25, 0.3) is 0 Å². The van der Waals surface area contributed by atoms with Gasteiger partial charge in [-0.3, -0.25) is 0 Å². The SMILES string of the molecule is CCNCc1cnc(C)n1Cc1cccc(F)c1Cl. The number of aromatic nitrogens is 2. The summed E-state index contributed by atoms with van der Waals surface area (Å²) in [4.78, 5) is 4.30. The maximum Gasteiger partial charge on any atom is 0.142 e. The fraction of sp³-hybridized carbons (Fsp3) is 0.357. The molecule has 0 aliphatic rings. The molecule has 3 nitrogen and oxygen atoms in total. The van der Waals surface area contributed by atoms with E-state index < -0.39 is 0 Å². The number of aryl methyl sites for hydroxylation is 1. The van der Waals surface area contributed by atoms with Crippen LogP contribution in [-0.2, 0) is 13.1 Å². The number of rotatable bonds is 5. The first-order valence-electron chi connectivity index (χ1n) is 6.28. The number of halogens is 2. The molecule has 1 N–H and O–H groups in total. The fourth-order valence-corrected chi connectivity index (χ4v) is 2.15. The van der Waals surface area contributed by atoms with Crippen molar-refractivity contribution in [2.45, 2.75) is 26.9 Å². The van der Waals surface area contributed by atoms with E-state index in [2.05, 4.69) is 17.2 Å². The van der Waals surface area contributed by atoms with Gasteiger partial charge in [0.1, 0.15) is 11.6 Å². The van der Waals surface area contributed by atoms with Crippen LogP contribution >= 0.6 is 11.6 Å². The third-order valence-electron chi connectivity index (χ3n) is 3.05. The summed E-state index contributed by atoms with van der Waals surface area (Å²) in [6.07, 6.45) is 1.84. The average molecular weight is 282 g/mol. The van der Waals surface area contributed by atoms with Gasteiger partial charge >= 0.3 is 0 Å². The molecule has 0 fully saturated rings. The van der Waals surface area contributed by atoms with Crippen LogP contribution in [0.15, 0.2) is 24.4 Å². The number of nitrogens with one attached hydrogen (secondary N) is 1. The summed E-state index contributed by atoms with van der Waals surface area (Å²) in [6.45, 7) is 6.15. The third kappa shape index (κ3) is 3.14. The van der Waals surface area contributed by atoms with Crippen LogP contribution in [0, 0.1) is 12.7 Å². The number of imidazole rings is 1. The molecule has 0 aliphatic carbocycles. The normalized spacial score (nSPS) is 10.9. The predicted molar refractivity (Wildman–Crippen MR) is 74.9 cm³/mol. The maximum atomic E-state index is 13.4. The van der Waals surface area contributed by atoms with Gasteiger partial charge < -0.3 is 9.88 Å². The monoisotopic (exact) mass is 281 g/mol. The van der Waals surface area contributed by atoms with E-state index in [1.165, 1.54) is 6.07 Å². The Hall–Kier alpha value is -1.39. The lowest BCUT2D eigenvalue weighted by molar-refractivity contribution is 0.618. The Kier molecular flexibility index (Phi) is 4.56. The van der Waals surface area contributed by atoms with E-state index in [1.807, 2.05) is 23.8 Å². The lowest BCUT2D eigenvalue weighted by Crippen LogP contribution is -2.16. The fourth-order valence-electron chi connectivity index (χ4n) is 1.97. The Morgan fingerprint density at radius 2 is 2.21 bits per heavy atom. The topological polar surface area (TPSA) is 29.9 Å². The van der Waals surface area contributed by atoms with Crippen LogP contribution in [0.2, 0.25) is 5.02 Å². The zero-order chi connectivity index (χ0) is 13.8. The van der Waals surface area contributed by atoms with Crippen molar-refractivity contribution in [2.24, 2.45) is 0 Å². The second-order valence-corrected chi connectivity index (χ2v) is 4.75. The van der Waals surface area contributed by atoms with Crippen LogP contribution < -0.4 is 5.32 Å². The zero-order valence-electron chi connectivity index (χ0n) is 11.1. The summed E-state index contributed by atoms with van der Waals surface area (Å²) in [6, 6.07) is 4.88. The van der Waals surface area contributed by atoms with Gasteiger partial charge in [0, 0.05) is 12.7 Å². The highest BCUT2D eigenvalue weighted by molar-refractivity contribution is 6.31. The Balaban J connectivity index is 2.27. The molecule has 0 aliphatic heterocycles. The molecule has 0 saturated carbocycles. The molecule has 0 saturated heterocycles. The second-order valence-electron chi connectivity index (χ2n) is 4.38. The van der Waals surface area contributed by atoms with E-state index in [0.717, 1.165) is 30.2 Å². The lowest BCUT2D eigenvalue weighted by Gasteiger charge is -2.12. The number of nitrogens with zero attached hydrogens (tertiary/aromatic N) is 2. The van der Waals surface area contributed by atoms with Gasteiger partial charge in [-0.2, -0.15) is 0 Å². The Morgan fingerprint density at radius 1 is 1.42 bits per heavy atom. The minimum Gasteiger partial charge on any atom is -0.327 e. The molecular weight excluding hydrogens is 265 g/mol. The first-order chi connectivity index (χ1) is 9.13. The van der Waals surface area contributed by atoms with Crippen LogP contribution in [0.3, 0.4) is 0 Å². The molecule has 0 unspecified atom stereocenters. The zero-order valence-corrected chi connectivity index (χ0v) is 11.8. The molecule has 2 aromatic rings. The molecule has 1 heterocycles. The quantitative estimate of drug-likeness (QED) is 0.912. The highest BCUT2D eigenvalue weighted by Gasteiger charge is 2.10. The number of hydrogen-bond donors (Lipinski definition) is 1. The molecule has 19 heavy (non-hydrogen) atoms. The third-order valence-corrected chi connectivity index (χ3v) is 3.48. The average Bonchev–Trinajstić information content (AvgIpc) is 2.74. The number of hydrogen-bond acceptors (Lipinski definition) is 2.